The minimum Gasteiger partial charge on any atom is -0.309 e. The standard InChI is InChI=1S/C44H26N2S/c1-2-12-29-27(11-1)25-41(31-14-4-3-13-30(29)31)46-39-20-10-7-17-35(39)43-40(46)23-22-34-36-26-28(21-24-42(36)47-44(34)43)45-37-18-8-5-15-32(37)33-16-6-9-19-38(33)45/h1-26H. The number of aromatic nitrogens is 2. The van der Waals surface area contributed by atoms with Crippen molar-refractivity contribution in [3.05, 3.63) is 158 Å². The summed E-state index contributed by atoms with van der Waals surface area (Å²) in [5.74, 6) is 0. The van der Waals surface area contributed by atoms with Crippen molar-refractivity contribution in [3.8, 4) is 11.4 Å². The molecule has 218 valence electrons. The number of fused-ring (bicyclic) bond motifs is 13. The van der Waals surface area contributed by atoms with Gasteiger partial charge in [-0.3, -0.25) is 0 Å². The molecular weight excluding hydrogens is 589 g/mol. The Morgan fingerprint density at radius 3 is 1.70 bits per heavy atom. The van der Waals surface area contributed by atoms with Crippen LogP contribution in [-0.2, 0) is 0 Å². The molecule has 0 N–H and O–H groups in total. The van der Waals surface area contributed by atoms with Crippen LogP contribution in [-0.4, -0.2) is 9.13 Å². The van der Waals surface area contributed by atoms with Gasteiger partial charge >= 0.3 is 0 Å². The normalized spacial score (nSPS) is 12.3. The highest BCUT2D eigenvalue weighted by molar-refractivity contribution is 7.26. The van der Waals surface area contributed by atoms with E-state index in [1.54, 1.807) is 0 Å². The first-order valence-corrected chi connectivity index (χ1v) is 16.9. The second-order valence-electron chi connectivity index (χ2n) is 12.5. The van der Waals surface area contributed by atoms with Crippen LogP contribution in [0.25, 0.3) is 96.7 Å². The summed E-state index contributed by atoms with van der Waals surface area (Å²) >= 11 is 1.91. The molecule has 11 rings (SSSR count). The van der Waals surface area contributed by atoms with Crippen LogP contribution in [0, 0.1) is 0 Å². The van der Waals surface area contributed by atoms with Crippen LogP contribution in [0.4, 0.5) is 0 Å². The Balaban J connectivity index is 1.22. The van der Waals surface area contributed by atoms with Crippen LogP contribution in [0.3, 0.4) is 0 Å². The van der Waals surface area contributed by atoms with E-state index in [1.165, 1.54) is 96.7 Å². The second kappa shape index (κ2) is 9.32. The van der Waals surface area contributed by atoms with Gasteiger partial charge in [-0.15, -0.1) is 11.3 Å². The number of nitrogens with zero attached hydrogens (tertiary/aromatic N) is 2. The fraction of sp³-hybridized carbons (Fsp3) is 0. The molecule has 0 unspecified atom stereocenters. The summed E-state index contributed by atoms with van der Waals surface area (Å²) < 4.78 is 7.57. The van der Waals surface area contributed by atoms with Gasteiger partial charge in [-0.1, -0.05) is 109 Å². The molecule has 3 aromatic heterocycles. The Bertz CT molecular complexity index is 3030. The quantitative estimate of drug-likeness (QED) is 0.171. The molecule has 0 aliphatic carbocycles. The molecule has 0 aliphatic rings. The summed E-state index contributed by atoms with van der Waals surface area (Å²) in [6, 6.07) is 58.1. The number of hydrogen-bond donors (Lipinski definition) is 0. The number of thiophene rings is 1. The molecule has 0 radical (unpaired) electrons. The summed E-state index contributed by atoms with van der Waals surface area (Å²) in [7, 11) is 0. The molecule has 0 aliphatic heterocycles. The van der Waals surface area contributed by atoms with Crippen molar-refractivity contribution >= 4 is 96.7 Å². The lowest BCUT2D eigenvalue weighted by Gasteiger charge is -2.14. The van der Waals surface area contributed by atoms with E-state index >= 15 is 0 Å². The van der Waals surface area contributed by atoms with Gasteiger partial charge in [-0.2, -0.15) is 0 Å². The molecule has 0 saturated heterocycles. The van der Waals surface area contributed by atoms with Crippen molar-refractivity contribution in [2.24, 2.45) is 0 Å². The maximum absolute atomic E-state index is 2.49. The number of benzene rings is 8. The summed E-state index contributed by atoms with van der Waals surface area (Å²) in [5.41, 5.74) is 7.37. The van der Waals surface area contributed by atoms with Crippen molar-refractivity contribution in [3.63, 3.8) is 0 Å². The van der Waals surface area contributed by atoms with Crippen LogP contribution >= 0.6 is 11.3 Å². The summed E-state index contributed by atoms with van der Waals surface area (Å²) in [4.78, 5) is 0. The molecule has 0 amide bonds. The van der Waals surface area contributed by atoms with Crippen molar-refractivity contribution in [2.75, 3.05) is 0 Å². The van der Waals surface area contributed by atoms with Gasteiger partial charge in [-0.25, -0.2) is 0 Å². The topological polar surface area (TPSA) is 9.86 Å². The van der Waals surface area contributed by atoms with Crippen molar-refractivity contribution in [1.82, 2.24) is 9.13 Å². The van der Waals surface area contributed by atoms with Crippen LogP contribution < -0.4 is 0 Å². The maximum Gasteiger partial charge on any atom is 0.0556 e. The molecule has 3 heterocycles. The average molecular weight is 615 g/mol. The van der Waals surface area contributed by atoms with Gasteiger partial charge in [0.05, 0.1) is 27.8 Å². The summed E-state index contributed by atoms with van der Waals surface area (Å²) in [5, 5.41) is 12.9. The Labute approximate surface area is 273 Å². The fourth-order valence-electron chi connectivity index (χ4n) is 8.09. The van der Waals surface area contributed by atoms with Gasteiger partial charge in [0.25, 0.3) is 0 Å². The SMILES string of the molecule is c1ccc2c(c1)cc(-n1c3ccccc3c3c4sc5ccc(-n6c7ccccc7c7ccccc76)cc5c4ccc31)c1ccccc12. The molecule has 0 spiro atoms. The maximum atomic E-state index is 2.49. The van der Waals surface area contributed by atoms with Gasteiger partial charge in [0.1, 0.15) is 0 Å². The zero-order valence-electron chi connectivity index (χ0n) is 25.3. The molecule has 0 fully saturated rings. The van der Waals surface area contributed by atoms with Crippen molar-refractivity contribution in [2.45, 2.75) is 0 Å². The lowest BCUT2D eigenvalue weighted by molar-refractivity contribution is 1.19. The first-order chi connectivity index (χ1) is 23.3. The Kier molecular flexibility index (Phi) is 5.02. The summed E-state index contributed by atoms with van der Waals surface area (Å²) in [6.07, 6.45) is 0. The highest BCUT2D eigenvalue weighted by atomic mass is 32.1. The molecule has 3 heteroatoms. The highest BCUT2D eigenvalue weighted by Gasteiger charge is 2.20. The average Bonchev–Trinajstić information content (AvgIpc) is 3.78. The molecule has 47 heavy (non-hydrogen) atoms. The highest BCUT2D eigenvalue weighted by Crippen LogP contribution is 2.45. The van der Waals surface area contributed by atoms with E-state index in [9.17, 15) is 0 Å². The first kappa shape index (κ1) is 25.3. The molecule has 2 nitrogen and oxygen atoms in total. The summed E-state index contributed by atoms with van der Waals surface area (Å²) in [6.45, 7) is 0. The van der Waals surface area contributed by atoms with Crippen LogP contribution in [0.5, 0.6) is 0 Å². The van der Waals surface area contributed by atoms with E-state index in [1.807, 2.05) is 11.3 Å². The van der Waals surface area contributed by atoms with E-state index < -0.39 is 0 Å². The third-order valence-corrected chi connectivity index (χ3v) is 11.3. The van der Waals surface area contributed by atoms with Crippen molar-refractivity contribution < 1.29 is 0 Å². The second-order valence-corrected chi connectivity index (χ2v) is 13.6. The smallest absolute Gasteiger partial charge is 0.0556 e. The zero-order valence-corrected chi connectivity index (χ0v) is 26.1. The predicted octanol–water partition coefficient (Wildman–Crippen LogP) is 12.6. The van der Waals surface area contributed by atoms with Crippen LogP contribution in [0.2, 0.25) is 0 Å². The predicted molar refractivity (Wildman–Crippen MR) is 203 cm³/mol. The van der Waals surface area contributed by atoms with E-state index in [-0.39, 0.29) is 0 Å². The van der Waals surface area contributed by atoms with Gasteiger partial charge in [0.15, 0.2) is 0 Å². The molecule has 11 aromatic rings. The number of rotatable bonds is 2. The van der Waals surface area contributed by atoms with E-state index in [0.29, 0.717) is 0 Å². The van der Waals surface area contributed by atoms with E-state index in [4.69, 9.17) is 0 Å². The van der Waals surface area contributed by atoms with Crippen molar-refractivity contribution in [1.29, 1.82) is 0 Å². The lowest BCUT2D eigenvalue weighted by Crippen LogP contribution is -1.96. The molecule has 0 saturated carbocycles. The Hall–Kier alpha value is -5.90. The minimum atomic E-state index is 1.19. The third kappa shape index (κ3) is 3.39. The van der Waals surface area contributed by atoms with Gasteiger partial charge in [0, 0.05) is 52.8 Å². The van der Waals surface area contributed by atoms with Gasteiger partial charge < -0.3 is 9.13 Å². The monoisotopic (exact) mass is 614 g/mol. The van der Waals surface area contributed by atoms with Gasteiger partial charge in [0.2, 0.25) is 0 Å². The van der Waals surface area contributed by atoms with E-state index in [0.717, 1.165) is 0 Å². The largest absolute Gasteiger partial charge is 0.309 e. The van der Waals surface area contributed by atoms with E-state index in [2.05, 4.69) is 167 Å². The number of para-hydroxylation sites is 3. The van der Waals surface area contributed by atoms with Gasteiger partial charge in [-0.05, 0) is 64.7 Å². The number of hydrogen-bond acceptors (Lipinski definition) is 1. The molecule has 0 bridgehead atoms. The van der Waals surface area contributed by atoms with Crippen LogP contribution in [0.15, 0.2) is 158 Å². The molecule has 0 atom stereocenters. The third-order valence-electron chi connectivity index (χ3n) is 10.1. The Morgan fingerprint density at radius 1 is 0.362 bits per heavy atom. The zero-order chi connectivity index (χ0) is 30.6. The molecule has 8 aromatic carbocycles. The minimum absolute atomic E-state index is 1.19. The first-order valence-electron chi connectivity index (χ1n) is 16.1. The fourth-order valence-corrected chi connectivity index (χ4v) is 9.33. The Morgan fingerprint density at radius 2 is 0.957 bits per heavy atom. The van der Waals surface area contributed by atoms with Crippen LogP contribution in [0.1, 0.15) is 0 Å². The molecular formula is C44H26N2S. The lowest BCUT2D eigenvalue weighted by atomic mass is 10.00.